The van der Waals surface area contributed by atoms with Gasteiger partial charge in [-0.3, -0.25) is 0 Å². The van der Waals surface area contributed by atoms with Crippen LogP contribution in [0.15, 0.2) is 18.2 Å². The van der Waals surface area contributed by atoms with E-state index in [9.17, 15) is 18.0 Å². The van der Waals surface area contributed by atoms with Gasteiger partial charge in [-0.05, 0) is 30.7 Å². The minimum atomic E-state index is -4.19. The largest absolute Gasteiger partial charge is 0.478 e. The van der Waals surface area contributed by atoms with Crippen LogP contribution in [0.3, 0.4) is 0 Å². The standard InChI is InChI=1S/C12H14F3NO2/c1-8-7-9(11(17)18)3-4-10(8)16(2)6-5-12(13,14)15/h3-4,7H,5-6H2,1-2H3,(H,17,18). The van der Waals surface area contributed by atoms with Crippen LogP contribution in [0, 0.1) is 6.92 Å². The average molecular weight is 261 g/mol. The first kappa shape index (κ1) is 14.3. The fraction of sp³-hybridized carbons (Fsp3) is 0.417. The monoisotopic (exact) mass is 261 g/mol. The maximum absolute atomic E-state index is 12.1. The van der Waals surface area contributed by atoms with Gasteiger partial charge in [-0.15, -0.1) is 0 Å². The van der Waals surface area contributed by atoms with Crippen LogP contribution < -0.4 is 4.90 Å². The number of anilines is 1. The number of alkyl halides is 3. The lowest BCUT2D eigenvalue weighted by Gasteiger charge is -2.22. The first-order chi connectivity index (χ1) is 8.20. The van der Waals surface area contributed by atoms with Crippen molar-refractivity contribution in [2.75, 3.05) is 18.5 Å². The number of halogens is 3. The summed E-state index contributed by atoms with van der Waals surface area (Å²) in [6.45, 7) is 1.52. The van der Waals surface area contributed by atoms with E-state index in [-0.39, 0.29) is 12.1 Å². The van der Waals surface area contributed by atoms with Gasteiger partial charge in [0.1, 0.15) is 0 Å². The first-order valence-corrected chi connectivity index (χ1v) is 5.32. The second-order valence-corrected chi connectivity index (χ2v) is 4.09. The van der Waals surface area contributed by atoms with Crippen LogP contribution in [0.5, 0.6) is 0 Å². The summed E-state index contributed by atoms with van der Waals surface area (Å²) < 4.78 is 36.3. The molecule has 1 rings (SSSR count). The summed E-state index contributed by atoms with van der Waals surface area (Å²) in [5, 5.41) is 8.79. The van der Waals surface area contributed by atoms with Crippen molar-refractivity contribution >= 4 is 11.7 Å². The third kappa shape index (κ3) is 3.94. The molecule has 0 atom stereocenters. The van der Waals surface area contributed by atoms with Crippen LogP contribution in [-0.2, 0) is 0 Å². The minimum absolute atomic E-state index is 0.125. The van der Waals surface area contributed by atoms with Crippen molar-refractivity contribution in [3.63, 3.8) is 0 Å². The number of hydrogen-bond donors (Lipinski definition) is 1. The van der Waals surface area contributed by atoms with Crippen LogP contribution in [0.25, 0.3) is 0 Å². The number of aromatic carboxylic acids is 1. The molecule has 100 valence electrons. The van der Waals surface area contributed by atoms with Gasteiger partial charge < -0.3 is 10.0 Å². The van der Waals surface area contributed by atoms with Crippen LogP contribution in [0.4, 0.5) is 18.9 Å². The number of carboxylic acids is 1. The first-order valence-electron chi connectivity index (χ1n) is 5.32. The molecule has 0 aliphatic rings. The zero-order chi connectivity index (χ0) is 13.9. The van der Waals surface area contributed by atoms with Gasteiger partial charge in [0.15, 0.2) is 0 Å². The molecule has 0 radical (unpaired) electrons. The lowest BCUT2D eigenvalue weighted by Crippen LogP contribution is -2.24. The molecule has 1 aromatic rings. The molecular formula is C12H14F3NO2. The topological polar surface area (TPSA) is 40.5 Å². The molecule has 0 aromatic heterocycles. The zero-order valence-corrected chi connectivity index (χ0v) is 10.1. The van der Waals surface area contributed by atoms with Crippen molar-refractivity contribution in [3.8, 4) is 0 Å². The molecule has 1 N–H and O–H groups in total. The summed E-state index contributed by atoms with van der Waals surface area (Å²) in [5.74, 6) is -1.05. The molecule has 0 amide bonds. The van der Waals surface area contributed by atoms with Crippen LogP contribution >= 0.6 is 0 Å². The van der Waals surface area contributed by atoms with Crippen LogP contribution in [-0.4, -0.2) is 30.8 Å². The van der Waals surface area contributed by atoms with Crippen LogP contribution in [0.2, 0.25) is 0 Å². The Kier molecular flexibility index (Phi) is 4.21. The molecule has 0 saturated heterocycles. The maximum Gasteiger partial charge on any atom is 0.390 e. The Morgan fingerprint density at radius 1 is 1.39 bits per heavy atom. The molecule has 0 spiro atoms. The van der Waals surface area contributed by atoms with Crippen molar-refractivity contribution in [3.05, 3.63) is 29.3 Å². The van der Waals surface area contributed by atoms with E-state index in [0.717, 1.165) is 0 Å². The third-order valence-electron chi connectivity index (χ3n) is 2.59. The van der Waals surface area contributed by atoms with E-state index < -0.39 is 18.6 Å². The number of carboxylic acid groups (broad SMARTS) is 1. The van der Waals surface area contributed by atoms with Crippen molar-refractivity contribution < 1.29 is 23.1 Å². The fourth-order valence-electron chi connectivity index (χ4n) is 1.63. The van der Waals surface area contributed by atoms with Crippen LogP contribution in [0.1, 0.15) is 22.3 Å². The van der Waals surface area contributed by atoms with Gasteiger partial charge in [0.05, 0.1) is 12.0 Å². The predicted octanol–water partition coefficient (Wildman–Crippen LogP) is 3.08. The molecule has 0 aliphatic carbocycles. The molecule has 0 fully saturated rings. The molecule has 0 unspecified atom stereocenters. The SMILES string of the molecule is Cc1cc(C(=O)O)ccc1N(C)CCC(F)(F)F. The summed E-state index contributed by atoms with van der Waals surface area (Å²) in [5.41, 5.74) is 1.37. The second-order valence-electron chi connectivity index (χ2n) is 4.09. The Labute approximate surface area is 103 Å². The Hall–Kier alpha value is -1.72. The summed E-state index contributed by atoms with van der Waals surface area (Å²) in [6.07, 6.45) is -5.09. The summed E-state index contributed by atoms with van der Waals surface area (Å²) in [4.78, 5) is 12.2. The van der Waals surface area contributed by atoms with Gasteiger partial charge >= 0.3 is 12.1 Å². The molecule has 6 heteroatoms. The van der Waals surface area contributed by atoms with E-state index in [1.165, 1.54) is 23.1 Å². The average Bonchev–Trinajstić information content (AvgIpc) is 2.24. The normalized spacial score (nSPS) is 11.4. The smallest absolute Gasteiger partial charge is 0.390 e. The lowest BCUT2D eigenvalue weighted by atomic mass is 10.1. The van der Waals surface area contributed by atoms with Gasteiger partial charge in [0.25, 0.3) is 0 Å². The van der Waals surface area contributed by atoms with Crippen molar-refractivity contribution in [1.82, 2.24) is 0 Å². The van der Waals surface area contributed by atoms with Gasteiger partial charge in [-0.2, -0.15) is 13.2 Å². The Bertz CT molecular complexity index is 443. The molecule has 0 heterocycles. The van der Waals surface area contributed by atoms with Crippen molar-refractivity contribution in [2.45, 2.75) is 19.5 Å². The van der Waals surface area contributed by atoms with Crippen molar-refractivity contribution in [2.24, 2.45) is 0 Å². The maximum atomic E-state index is 12.1. The van der Waals surface area contributed by atoms with E-state index in [1.54, 1.807) is 14.0 Å². The summed E-state index contributed by atoms with van der Waals surface area (Å²) >= 11 is 0. The number of rotatable bonds is 4. The van der Waals surface area contributed by atoms with E-state index >= 15 is 0 Å². The van der Waals surface area contributed by atoms with E-state index in [4.69, 9.17) is 5.11 Å². The lowest BCUT2D eigenvalue weighted by molar-refractivity contribution is -0.132. The number of aryl methyl sites for hydroxylation is 1. The van der Waals surface area contributed by atoms with Gasteiger partial charge in [-0.25, -0.2) is 4.79 Å². The fourth-order valence-corrected chi connectivity index (χ4v) is 1.63. The highest BCUT2D eigenvalue weighted by Gasteiger charge is 2.27. The Morgan fingerprint density at radius 3 is 2.44 bits per heavy atom. The molecule has 18 heavy (non-hydrogen) atoms. The highest BCUT2D eigenvalue weighted by molar-refractivity contribution is 5.88. The molecule has 0 saturated carbocycles. The summed E-state index contributed by atoms with van der Waals surface area (Å²) in [7, 11) is 1.55. The van der Waals surface area contributed by atoms with Gasteiger partial charge in [0.2, 0.25) is 0 Å². The summed E-state index contributed by atoms with van der Waals surface area (Å²) in [6, 6.07) is 4.35. The van der Waals surface area contributed by atoms with E-state index in [0.29, 0.717) is 11.3 Å². The molecule has 0 bridgehead atoms. The second kappa shape index (κ2) is 5.29. The number of hydrogen-bond acceptors (Lipinski definition) is 2. The van der Waals surface area contributed by atoms with Crippen molar-refractivity contribution in [1.29, 1.82) is 0 Å². The Balaban J connectivity index is 2.80. The molecule has 1 aromatic carbocycles. The molecule has 3 nitrogen and oxygen atoms in total. The highest BCUT2D eigenvalue weighted by Crippen LogP contribution is 2.24. The predicted molar refractivity (Wildman–Crippen MR) is 62.1 cm³/mol. The van der Waals surface area contributed by atoms with Gasteiger partial charge in [-0.1, -0.05) is 0 Å². The molecular weight excluding hydrogens is 247 g/mol. The highest BCUT2D eigenvalue weighted by atomic mass is 19.4. The number of benzene rings is 1. The number of nitrogens with zero attached hydrogens (tertiary/aromatic N) is 1. The Morgan fingerprint density at radius 2 is 2.00 bits per heavy atom. The third-order valence-corrected chi connectivity index (χ3v) is 2.59. The zero-order valence-electron chi connectivity index (χ0n) is 10.1. The number of carbonyl (C=O) groups is 1. The van der Waals surface area contributed by atoms with E-state index in [1.807, 2.05) is 0 Å². The minimum Gasteiger partial charge on any atom is -0.478 e. The van der Waals surface area contributed by atoms with E-state index in [2.05, 4.69) is 0 Å². The van der Waals surface area contributed by atoms with Gasteiger partial charge in [0, 0.05) is 19.3 Å². The molecule has 0 aliphatic heterocycles. The quantitative estimate of drug-likeness (QED) is 0.905.